The Balaban J connectivity index is 1.60. The third-order valence-electron chi connectivity index (χ3n) is 5.43. The predicted molar refractivity (Wildman–Crippen MR) is 128 cm³/mol. The van der Waals surface area contributed by atoms with Crippen molar-refractivity contribution < 1.29 is 9.59 Å². The number of carbonyl (C=O) groups is 2. The highest BCUT2D eigenvalue weighted by molar-refractivity contribution is 5.93. The van der Waals surface area contributed by atoms with Gasteiger partial charge in [-0.3, -0.25) is 14.6 Å². The molecule has 3 aromatic carbocycles. The molecule has 1 atom stereocenters. The van der Waals surface area contributed by atoms with Crippen LogP contribution in [0.1, 0.15) is 34.2 Å². The lowest BCUT2D eigenvalue weighted by molar-refractivity contribution is -0.129. The Morgan fingerprint density at radius 1 is 0.636 bits per heavy atom. The molecule has 4 rings (SSSR count). The zero-order valence-electron chi connectivity index (χ0n) is 18.1. The van der Waals surface area contributed by atoms with Gasteiger partial charge >= 0.3 is 0 Å². The van der Waals surface area contributed by atoms with Crippen LogP contribution in [-0.4, -0.2) is 16.8 Å². The summed E-state index contributed by atoms with van der Waals surface area (Å²) in [5, 5.41) is 5.94. The molecule has 0 saturated carbocycles. The molecule has 5 nitrogen and oxygen atoms in total. The summed E-state index contributed by atoms with van der Waals surface area (Å²) >= 11 is 0. The summed E-state index contributed by atoms with van der Waals surface area (Å²) in [6.07, 6.45) is 3.37. The van der Waals surface area contributed by atoms with E-state index in [1.54, 1.807) is 12.4 Å². The normalized spacial score (nSPS) is 11.5. The van der Waals surface area contributed by atoms with Crippen LogP contribution in [0.5, 0.6) is 0 Å². The molecule has 4 aromatic rings. The van der Waals surface area contributed by atoms with Crippen LogP contribution >= 0.6 is 0 Å². The van der Waals surface area contributed by atoms with E-state index in [1.807, 2.05) is 103 Å². The first-order valence-corrected chi connectivity index (χ1v) is 10.8. The highest BCUT2D eigenvalue weighted by Crippen LogP contribution is 2.26. The van der Waals surface area contributed by atoms with Gasteiger partial charge in [0.1, 0.15) is 6.04 Å². The van der Waals surface area contributed by atoms with Crippen LogP contribution in [0.4, 0.5) is 0 Å². The fraction of sp³-hybridized carbons (Fsp3) is 0.107. The molecule has 0 spiro atoms. The summed E-state index contributed by atoms with van der Waals surface area (Å²) in [6, 6.07) is 31.4. The Morgan fingerprint density at radius 3 is 1.64 bits per heavy atom. The van der Waals surface area contributed by atoms with Crippen LogP contribution in [0.25, 0.3) is 0 Å². The fourth-order valence-electron chi connectivity index (χ4n) is 3.75. The second kappa shape index (κ2) is 10.9. The van der Waals surface area contributed by atoms with Gasteiger partial charge in [0.05, 0.1) is 5.92 Å². The molecular formula is C28H25N3O2. The lowest BCUT2D eigenvalue weighted by Crippen LogP contribution is -2.42. The molecule has 0 unspecified atom stereocenters. The predicted octanol–water partition coefficient (Wildman–Crippen LogP) is 4.39. The molecule has 0 aliphatic rings. The lowest BCUT2D eigenvalue weighted by atomic mass is 9.90. The van der Waals surface area contributed by atoms with E-state index in [4.69, 9.17) is 0 Å². The number of pyridine rings is 1. The molecular weight excluding hydrogens is 410 g/mol. The van der Waals surface area contributed by atoms with Crippen molar-refractivity contribution in [1.29, 1.82) is 0 Å². The van der Waals surface area contributed by atoms with Crippen LogP contribution in [0, 0.1) is 0 Å². The van der Waals surface area contributed by atoms with Gasteiger partial charge in [0, 0.05) is 18.9 Å². The maximum Gasteiger partial charge on any atom is 0.247 e. The summed E-state index contributed by atoms with van der Waals surface area (Å²) in [7, 11) is 0. The van der Waals surface area contributed by atoms with Gasteiger partial charge in [-0.05, 0) is 34.4 Å². The van der Waals surface area contributed by atoms with E-state index >= 15 is 0 Å². The van der Waals surface area contributed by atoms with E-state index in [0.29, 0.717) is 6.54 Å². The summed E-state index contributed by atoms with van der Waals surface area (Å²) in [5.41, 5.74) is 3.39. The van der Waals surface area contributed by atoms with Crippen molar-refractivity contribution in [2.45, 2.75) is 18.5 Å². The number of aromatic nitrogens is 1. The summed E-state index contributed by atoms with van der Waals surface area (Å²) < 4.78 is 0. The van der Waals surface area contributed by atoms with E-state index in [-0.39, 0.29) is 11.8 Å². The van der Waals surface area contributed by atoms with Gasteiger partial charge < -0.3 is 10.6 Å². The summed E-state index contributed by atoms with van der Waals surface area (Å²) in [4.78, 5) is 30.8. The van der Waals surface area contributed by atoms with Crippen LogP contribution in [0.15, 0.2) is 116 Å². The SMILES string of the molecule is O=C(N[C@H](C(=O)NCc1ccncc1)c1ccccc1)C(c1ccccc1)c1ccccc1. The molecule has 2 amide bonds. The second-order valence-electron chi connectivity index (χ2n) is 7.68. The van der Waals surface area contributed by atoms with E-state index in [0.717, 1.165) is 22.3 Å². The highest BCUT2D eigenvalue weighted by atomic mass is 16.2. The Labute approximate surface area is 193 Å². The van der Waals surface area contributed by atoms with E-state index < -0.39 is 12.0 Å². The number of nitrogens with one attached hydrogen (secondary N) is 2. The van der Waals surface area contributed by atoms with Crippen molar-refractivity contribution in [1.82, 2.24) is 15.6 Å². The Bertz CT molecular complexity index is 1130. The fourth-order valence-corrected chi connectivity index (χ4v) is 3.75. The first-order chi connectivity index (χ1) is 16.2. The van der Waals surface area contributed by atoms with Gasteiger partial charge in [-0.1, -0.05) is 91.0 Å². The minimum absolute atomic E-state index is 0.236. The molecule has 0 saturated heterocycles. The molecule has 33 heavy (non-hydrogen) atoms. The van der Waals surface area contributed by atoms with E-state index in [2.05, 4.69) is 15.6 Å². The van der Waals surface area contributed by atoms with Gasteiger partial charge in [0.2, 0.25) is 11.8 Å². The molecule has 0 bridgehead atoms. The van der Waals surface area contributed by atoms with E-state index in [9.17, 15) is 9.59 Å². The third-order valence-corrected chi connectivity index (χ3v) is 5.43. The monoisotopic (exact) mass is 435 g/mol. The van der Waals surface area contributed by atoms with Crippen LogP contribution in [0.2, 0.25) is 0 Å². The van der Waals surface area contributed by atoms with Gasteiger partial charge in [0.25, 0.3) is 0 Å². The summed E-state index contributed by atoms with van der Waals surface area (Å²) in [6.45, 7) is 0.349. The van der Waals surface area contributed by atoms with Gasteiger partial charge in [-0.15, -0.1) is 0 Å². The number of hydrogen-bond donors (Lipinski definition) is 2. The van der Waals surface area contributed by atoms with Crippen molar-refractivity contribution >= 4 is 11.8 Å². The third kappa shape index (κ3) is 5.71. The molecule has 5 heteroatoms. The maximum atomic E-state index is 13.6. The molecule has 0 radical (unpaired) electrons. The van der Waals surface area contributed by atoms with Crippen LogP contribution in [-0.2, 0) is 16.1 Å². The van der Waals surface area contributed by atoms with E-state index in [1.165, 1.54) is 0 Å². The largest absolute Gasteiger partial charge is 0.350 e. The highest BCUT2D eigenvalue weighted by Gasteiger charge is 2.28. The Morgan fingerprint density at radius 2 is 1.12 bits per heavy atom. The average molecular weight is 436 g/mol. The van der Waals surface area contributed by atoms with Gasteiger partial charge in [0.15, 0.2) is 0 Å². The zero-order valence-corrected chi connectivity index (χ0v) is 18.1. The summed E-state index contributed by atoms with van der Waals surface area (Å²) in [5.74, 6) is -1.04. The minimum atomic E-state index is -0.824. The molecule has 2 N–H and O–H groups in total. The van der Waals surface area contributed by atoms with Crippen molar-refractivity contribution in [3.05, 3.63) is 138 Å². The molecule has 1 aromatic heterocycles. The Hall–Kier alpha value is -4.25. The first-order valence-electron chi connectivity index (χ1n) is 10.8. The number of nitrogens with zero attached hydrogens (tertiary/aromatic N) is 1. The quantitative estimate of drug-likeness (QED) is 0.431. The van der Waals surface area contributed by atoms with Crippen molar-refractivity contribution in [2.75, 3.05) is 0 Å². The molecule has 164 valence electrons. The van der Waals surface area contributed by atoms with Crippen molar-refractivity contribution in [3.63, 3.8) is 0 Å². The van der Waals surface area contributed by atoms with Gasteiger partial charge in [-0.2, -0.15) is 0 Å². The van der Waals surface area contributed by atoms with Crippen molar-refractivity contribution in [3.8, 4) is 0 Å². The number of hydrogen-bond acceptors (Lipinski definition) is 3. The van der Waals surface area contributed by atoms with Crippen LogP contribution in [0.3, 0.4) is 0 Å². The number of benzene rings is 3. The first kappa shape index (κ1) is 22.0. The standard InChI is InChI=1S/C28H25N3O2/c32-27(25(22-10-4-1-5-11-22)23-12-6-2-7-13-23)31-26(24-14-8-3-9-15-24)28(33)30-20-21-16-18-29-19-17-21/h1-19,25-26H,20H2,(H,30,33)(H,31,32)/t26-/m0/s1. The maximum absolute atomic E-state index is 13.6. The second-order valence-corrected chi connectivity index (χ2v) is 7.68. The zero-order chi connectivity index (χ0) is 22.9. The smallest absolute Gasteiger partial charge is 0.247 e. The average Bonchev–Trinajstić information content (AvgIpc) is 2.88. The lowest BCUT2D eigenvalue weighted by Gasteiger charge is -2.23. The number of rotatable bonds is 8. The topological polar surface area (TPSA) is 71.1 Å². The number of amides is 2. The molecule has 0 fully saturated rings. The molecule has 1 heterocycles. The van der Waals surface area contributed by atoms with Gasteiger partial charge in [-0.25, -0.2) is 0 Å². The molecule has 0 aliphatic carbocycles. The molecule has 0 aliphatic heterocycles. The van der Waals surface area contributed by atoms with Crippen molar-refractivity contribution in [2.24, 2.45) is 0 Å². The van der Waals surface area contributed by atoms with Crippen LogP contribution < -0.4 is 10.6 Å². The minimum Gasteiger partial charge on any atom is -0.350 e. The number of carbonyl (C=O) groups excluding carboxylic acids is 2. The Kier molecular flexibility index (Phi) is 7.23.